The molecule has 1 N–H and O–H groups in total. The van der Waals surface area contributed by atoms with E-state index in [1.54, 1.807) is 49.5 Å². The van der Waals surface area contributed by atoms with Crippen LogP contribution in [0.15, 0.2) is 73.2 Å². The van der Waals surface area contributed by atoms with Crippen molar-refractivity contribution >= 4 is 11.8 Å². The number of carbonyl (C=O) groups is 1. The summed E-state index contributed by atoms with van der Waals surface area (Å²) in [5.41, 5.74) is 2.39. The molecule has 9 nitrogen and oxygen atoms in total. The van der Waals surface area contributed by atoms with E-state index in [4.69, 9.17) is 9.47 Å². The molecular formula is C24H20F3N5O4. The molecule has 0 aliphatic heterocycles. The zero-order chi connectivity index (χ0) is 25.7. The summed E-state index contributed by atoms with van der Waals surface area (Å²) in [7, 11) is 1.52. The van der Waals surface area contributed by atoms with E-state index in [2.05, 4.69) is 25.1 Å². The second kappa shape index (κ2) is 10.3. The average Bonchev–Trinajstić information content (AvgIpc) is 3.34. The highest BCUT2D eigenvalue weighted by Crippen LogP contribution is 2.25. The third-order valence-corrected chi connectivity index (χ3v) is 4.94. The first-order valence-corrected chi connectivity index (χ1v) is 10.6. The summed E-state index contributed by atoms with van der Waals surface area (Å²) in [6.45, 7) is 1.73. The van der Waals surface area contributed by atoms with E-state index >= 15 is 0 Å². The van der Waals surface area contributed by atoms with Gasteiger partial charge in [-0.05, 0) is 61.5 Å². The van der Waals surface area contributed by atoms with Crippen LogP contribution >= 0.6 is 0 Å². The molecule has 0 bridgehead atoms. The Morgan fingerprint density at radius 3 is 2.33 bits per heavy atom. The van der Waals surface area contributed by atoms with E-state index < -0.39 is 18.6 Å². The molecule has 0 saturated carbocycles. The van der Waals surface area contributed by atoms with E-state index in [-0.39, 0.29) is 5.75 Å². The molecule has 0 radical (unpaired) electrons. The molecule has 0 saturated heterocycles. The van der Waals surface area contributed by atoms with Crippen LogP contribution in [0.1, 0.15) is 18.6 Å². The lowest BCUT2D eigenvalue weighted by Crippen LogP contribution is -2.17. The molecule has 2 aromatic carbocycles. The summed E-state index contributed by atoms with van der Waals surface area (Å²) in [6.07, 6.45) is -2.90. The molecule has 0 spiro atoms. The highest BCUT2D eigenvalue weighted by Gasteiger charge is 2.31. The van der Waals surface area contributed by atoms with E-state index in [9.17, 15) is 18.0 Å². The Bertz CT molecular complexity index is 1310. The normalized spacial score (nSPS) is 12.0. The first-order valence-electron chi connectivity index (χ1n) is 10.6. The van der Waals surface area contributed by atoms with Crippen LogP contribution in [0.3, 0.4) is 0 Å². The Kier molecular flexibility index (Phi) is 7.04. The highest BCUT2D eigenvalue weighted by molar-refractivity contribution is 5.85. The van der Waals surface area contributed by atoms with Crippen molar-refractivity contribution in [2.75, 3.05) is 12.4 Å². The molecule has 0 aliphatic rings. The Labute approximate surface area is 203 Å². The van der Waals surface area contributed by atoms with Gasteiger partial charge in [0, 0.05) is 29.1 Å². The summed E-state index contributed by atoms with van der Waals surface area (Å²) < 4.78 is 52.6. The van der Waals surface area contributed by atoms with Gasteiger partial charge in [0.2, 0.25) is 5.88 Å². The van der Waals surface area contributed by atoms with Crippen molar-refractivity contribution in [2.45, 2.75) is 19.4 Å². The fourth-order valence-corrected chi connectivity index (χ4v) is 3.15. The number of amides is 1. The maximum absolute atomic E-state index is 12.3. The number of nitrogens with one attached hydrogen (secondary N) is 1. The number of aromatic nitrogens is 4. The first-order chi connectivity index (χ1) is 17.2. The molecule has 4 aromatic rings. The molecule has 36 heavy (non-hydrogen) atoms. The van der Waals surface area contributed by atoms with E-state index in [0.717, 1.165) is 0 Å². The van der Waals surface area contributed by atoms with Crippen LogP contribution in [0.4, 0.5) is 23.7 Å². The van der Waals surface area contributed by atoms with Crippen LogP contribution in [0.25, 0.3) is 17.1 Å². The molecule has 4 rings (SSSR count). The lowest BCUT2D eigenvalue weighted by molar-refractivity contribution is -0.274. The topological polar surface area (TPSA) is 100 Å². The van der Waals surface area contributed by atoms with Crippen molar-refractivity contribution in [1.82, 2.24) is 19.7 Å². The number of anilines is 1. The minimum atomic E-state index is -4.76. The molecular weight excluding hydrogens is 479 g/mol. The molecule has 186 valence electrons. The molecule has 12 heteroatoms. The molecule has 0 aliphatic carbocycles. The van der Waals surface area contributed by atoms with Crippen LogP contribution in [0, 0.1) is 0 Å². The number of ether oxygens (including phenoxy) is 3. The largest absolute Gasteiger partial charge is 0.573 e. The third kappa shape index (κ3) is 6.29. The van der Waals surface area contributed by atoms with Gasteiger partial charge in [-0.1, -0.05) is 0 Å². The number of rotatable bonds is 7. The molecule has 2 aromatic heterocycles. The quantitative estimate of drug-likeness (QED) is 0.356. The number of halogens is 3. The fourth-order valence-electron chi connectivity index (χ4n) is 3.15. The number of nitrogens with zero attached hydrogens (tertiary/aromatic N) is 4. The van der Waals surface area contributed by atoms with Gasteiger partial charge in [-0.15, -0.1) is 18.3 Å². The van der Waals surface area contributed by atoms with E-state index in [1.807, 2.05) is 0 Å². The molecule has 2 heterocycles. The zero-order valence-electron chi connectivity index (χ0n) is 19.1. The predicted molar refractivity (Wildman–Crippen MR) is 123 cm³/mol. The number of hydrogen-bond donors (Lipinski definition) is 1. The lowest BCUT2D eigenvalue weighted by Gasteiger charge is -2.14. The Hall–Kier alpha value is -4.61. The summed E-state index contributed by atoms with van der Waals surface area (Å²) in [5.74, 6) is 0.520. The fraction of sp³-hybridized carbons (Fsp3) is 0.167. The number of methoxy groups -OCH3 is 1. The van der Waals surface area contributed by atoms with Gasteiger partial charge < -0.3 is 14.2 Å². The van der Waals surface area contributed by atoms with Crippen molar-refractivity contribution in [1.29, 1.82) is 0 Å². The number of alkyl halides is 3. The van der Waals surface area contributed by atoms with Gasteiger partial charge >= 0.3 is 12.5 Å². The molecule has 1 unspecified atom stereocenters. The van der Waals surface area contributed by atoms with Crippen molar-refractivity contribution in [3.63, 3.8) is 0 Å². The van der Waals surface area contributed by atoms with Crippen molar-refractivity contribution < 1.29 is 32.2 Å². The third-order valence-electron chi connectivity index (χ3n) is 4.94. The van der Waals surface area contributed by atoms with Gasteiger partial charge in [-0.2, -0.15) is 0 Å². The number of hydrogen-bond acceptors (Lipinski definition) is 7. The van der Waals surface area contributed by atoms with Crippen LogP contribution in [-0.4, -0.2) is 39.3 Å². The van der Waals surface area contributed by atoms with Crippen molar-refractivity contribution in [2.24, 2.45) is 0 Å². The van der Waals surface area contributed by atoms with Gasteiger partial charge in [-0.3, -0.25) is 5.32 Å². The number of pyridine rings is 1. The Morgan fingerprint density at radius 2 is 1.72 bits per heavy atom. The molecule has 0 fully saturated rings. The van der Waals surface area contributed by atoms with Crippen molar-refractivity contribution in [3.8, 4) is 28.7 Å². The average molecular weight is 499 g/mol. The van der Waals surface area contributed by atoms with Gasteiger partial charge in [-0.25, -0.2) is 19.4 Å². The number of carbonyl (C=O) groups excluding carboxylic acids is 1. The summed E-state index contributed by atoms with van der Waals surface area (Å²) in [4.78, 5) is 20.6. The Morgan fingerprint density at radius 1 is 1.00 bits per heavy atom. The van der Waals surface area contributed by atoms with Gasteiger partial charge in [0.15, 0.2) is 5.82 Å². The molecule has 1 amide bonds. The van der Waals surface area contributed by atoms with E-state index in [1.165, 1.54) is 42.4 Å². The summed E-state index contributed by atoms with van der Waals surface area (Å²) >= 11 is 0. The Balaban J connectivity index is 1.35. The minimum Gasteiger partial charge on any atom is -0.481 e. The van der Waals surface area contributed by atoms with Crippen LogP contribution < -0.4 is 14.8 Å². The van der Waals surface area contributed by atoms with Crippen molar-refractivity contribution in [3.05, 3.63) is 78.8 Å². The SMILES string of the molecule is COc1ccc(C(C)OC(=O)Nc2ccc(-c3ncn(-c4ccc(OC(F)(F)F)cc4)n3)cc2)cn1. The second-order valence-corrected chi connectivity index (χ2v) is 7.44. The highest BCUT2D eigenvalue weighted by atomic mass is 19.4. The van der Waals surface area contributed by atoms with Gasteiger partial charge in [0.1, 0.15) is 18.2 Å². The molecule has 1 atom stereocenters. The summed E-state index contributed by atoms with van der Waals surface area (Å²) in [5, 5.41) is 7.00. The monoisotopic (exact) mass is 499 g/mol. The van der Waals surface area contributed by atoms with Crippen LogP contribution in [-0.2, 0) is 4.74 Å². The predicted octanol–water partition coefficient (Wildman–Crippen LogP) is 5.55. The minimum absolute atomic E-state index is 0.330. The maximum atomic E-state index is 12.3. The van der Waals surface area contributed by atoms with E-state index in [0.29, 0.717) is 34.2 Å². The lowest BCUT2D eigenvalue weighted by atomic mass is 10.2. The summed E-state index contributed by atoms with van der Waals surface area (Å²) in [6, 6.07) is 15.4. The zero-order valence-corrected chi connectivity index (χ0v) is 19.1. The smallest absolute Gasteiger partial charge is 0.481 e. The van der Waals surface area contributed by atoms with Gasteiger partial charge in [0.05, 0.1) is 12.8 Å². The second-order valence-electron chi connectivity index (χ2n) is 7.44. The number of benzene rings is 2. The maximum Gasteiger partial charge on any atom is 0.573 e. The van der Waals surface area contributed by atoms with Crippen LogP contribution in [0.5, 0.6) is 11.6 Å². The first kappa shape index (κ1) is 24.5. The van der Waals surface area contributed by atoms with Crippen LogP contribution in [0.2, 0.25) is 0 Å². The van der Waals surface area contributed by atoms with Gasteiger partial charge in [0.25, 0.3) is 0 Å². The standard InChI is InChI=1S/C24H20F3N5O4/c1-15(17-5-12-21(34-2)28-13-17)35-23(33)30-18-6-3-16(4-7-18)22-29-14-32(31-22)19-8-10-20(11-9-19)36-24(25,26)27/h3-15H,1-2H3,(H,30,33).